The van der Waals surface area contributed by atoms with Crippen LogP contribution in [0.15, 0.2) is 30.7 Å². The summed E-state index contributed by atoms with van der Waals surface area (Å²) >= 11 is 0. The number of nitrogens with one attached hydrogen (secondary N) is 1. The fraction of sp³-hybridized carbons (Fsp3) is 0.450. The number of aromatic nitrogens is 5. The van der Waals surface area contributed by atoms with E-state index >= 15 is 0 Å². The molecule has 0 saturated carbocycles. The molecule has 1 unspecified atom stereocenters. The first-order valence-corrected chi connectivity index (χ1v) is 9.92. The zero-order valence-corrected chi connectivity index (χ0v) is 16.4. The second-order valence-electron chi connectivity index (χ2n) is 8.19. The second-order valence-corrected chi connectivity index (χ2v) is 8.19. The van der Waals surface area contributed by atoms with Gasteiger partial charge in [0.1, 0.15) is 11.6 Å². The number of aryl methyl sites for hydroxylation is 1. The Labute approximate surface area is 171 Å². The first-order valence-electron chi connectivity index (χ1n) is 9.92. The third-order valence-corrected chi connectivity index (χ3v) is 6.49. The number of nitrogens with two attached hydrogens (primary N) is 1. The smallest absolute Gasteiger partial charge is 0.383 e. The molecule has 158 valence electrons. The van der Waals surface area contributed by atoms with Gasteiger partial charge in [-0.2, -0.15) is 18.3 Å². The maximum absolute atomic E-state index is 13.2. The number of H-pyrrole nitrogens is 1. The molecule has 0 amide bonds. The Morgan fingerprint density at radius 3 is 2.73 bits per heavy atom. The number of anilines is 1. The highest BCUT2D eigenvalue weighted by atomic mass is 19.4. The van der Waals surface area contributed by atoms with Crippen LogP contribution in [0.25, 0.3) is 11.3 Å². The number of hydrogen-bond donors (Lipinski definition) is 2. The van der Waals surface area contributed by atoms with E-state index in [1.54, 1.807) is 6.20 Å². The number of halogens is 3. The Morgan fingerprint density at radius 1 is 1.20 bits per heavy atom. The number of aromatic amines is 1. The fourth-order valence-electron chi connectivity index (χ4n) is 4.77. The number of nitrogen functional groups attached to an aromatic ring is 1. The van der Waals surface area contributed by atoms with Crippen molar-refractivity contribution in [1.82, 2.24) is 29.6 Å². The number of pyridine rings is 1. The quantitative estimate of drug-likeness (QED) is 0.682. The molecule has 0 aliphatic carbocycles. The molecule has 0 radical (unpaired) electrons. The number of nitrogens with zero attached hydrogens (tertiary/aromatic N) is 5. The molecule has 0 bridgehead atoms. The molecular weight excluding hydrogens is 395 g/mol. The summed E-state index contributed by atoms with van der Waals surface area (Å²) in [6.07, 6.45) is 2.34. The fourth-order valence-corrected chi connectivity index (χ4v) is 4.77. The van der Waals surface area contributed by atoms with Gasteiger partial charge < -0.3 is 10.7 Å². The average molecular weight is 417 g/mol. The van der Waals surface area contributed by atoms with Crippen LogP contribution < -0.4 is 5.73 Å². The van der Waals surface area contributed by atoms with E-state index in [4.69, 9.17) is 5.73 Å². The number of hydrogen-bond acceptors (Lipinski definition) is 5. The van der Waals surface area contributed by atoms with Gasteiger partial charge >= 0.3 is 6.18 Å². The van der Waals surface area contributed by atoms with Crippen LogP contribution in [0.2, 0.25) is 0 Å². The van der Waals surface area contributed by atoms with Crippen molar-refractivity contribution in [3.63, 3.8) is 0 Å². The Morgan fingerprint density at radius 2 is 2.00 bits per heavy atom. The predicted molar refractivity (Wildman–Crippen MR) is 104 cm³/mol. The van der Waals surface area contributed by atoms with Crippen LogP contribution in [0.5, 0.6) is 0 Å². The molecule has 2 aliphatic heterocycles. The molecule has 3 N–H and O–H groups in total. The van der Waals surface area contributed by atoms with Crippen molar-refractivity contribution in [2.24, 2.45) is 0 Å². The lowest BCUT2D eigenvalue weighted by atomic mass is 9.82. The van der Waals surface area contributed by atoms with Crippen molar-refractivity contribution in [1.29, 1.82) is 0 Å². The molecule has 5 heterocycles. The predicted octanol–water partition coefficient (Wildman–Crippen LogP) is 3.38. The zero-order chi connectivity index (χ0) is 21.1. The number of likely N-dealkylation sites (tertiary alicyclic amines) is 1. The number of alkyl halides is 3. The maximum Gasteiger partial charge on any atom is 0.419 e. The standard InChI is InChI=1S/C20H22F3N7/c1-12(18-25-4-5-26-18)29-6-2-19(11-29)3-7-30-16(19)9-15(28-30)13-8-14(20(21,22)23)17(24)27-10-13/h4-5,8-10,12H,2-3,6-7,11H2,1H3,(H2,24,27)(H,25,26)/t12?,19-/m1/s1. The summed E-state index contributed by atoms with van der Waals surface area (Å²) in [5.74, 6) is 0.416. The number of fused-ring (bicyclic) bond motifs is 2. The first-order chi connectivity index (χ1) is 14.3. The minimum Gasteiger partial charge on any atom is -0.383 e. The van der Waals surface area contributed by atoms with Crippen molar-refractivity contribution >= 4 is 5.82 Å². The summed E-state index contributed by atoms with van der Waals surface area (Å²) < 4.78 is 41.6. The summed E-state index contributed by atoms with van der Waals surface area (Å²) in [7, 11) is 0. The molecule has 0 aromatic carbocycles. The normalized spacial score (nSPS) is 22.7. The second kappa shape index (κ2) is 6.56. The van der Waals surface area contributed by atoms with E-state index in [-0.39, 0.29) is 11.5 Å². The molecule has 3 aromatic rings. The summed E-state index contributed by atoms with van der Waals surface area (Å²) in [5.41, 5.74) is 6.37. The van der Waals surface area contributed by atoms with E-state index in [0.717, 1.165) is 50.1 Å². The van der Waals surface area contributed by atoms with E-state index < -0.39 is 17.6 Å². The van der Waals surface area contributed by atoms with Gasteiger partial charge in [-0.25, -0.2) is 9.97 Å². The highest BCUT2D eigenvalue weighted by molar-refractivity contribution is 5.63. The van der Waals surface area contributed by atoms with Crippen molar-refractivity contribution in [2.45, 2.75) is 43.9 Å². The van der Waals surface area contributed by atoms with Gasteiger partial charge in [-0.05, 0) is 38.4 Å². The van der Waals surface area contributed by atoms with E-state index in [0.29, 0.717) is 11.3 Å². The van der Waals surface area contributed by atoms with Crippen molar-refractivity contribution in [2.75, 3.05) is 18.8 Å². The van der Waals surface area contributed by atoms with E-state index in [2.05, 4.69) is 31.9 Å². The third-order valence-electron chi connectivity index (χ3n) is 6.49. The summed E-state index contributed by atoms with van der Waals surface area (Å²) in [4.78, 5) is 13.7. The lowest BCUT2D eigenvalue weighted by Crippen LogP contribution is -2.31. The van der Waals surface area contributed by atoms with Gasteiger partial charge in [-0.3, -0.25) is 9.58 Å². The minimum absolute atomic E-state index is 0.0415. The summed E-state index contributed by atoms with van der Waals surface area (Å²) in [5, 5.41) is 4.58. The number of imidazole rings is 1. The van der Waals surface area contributed by atoms with Crippen molar-refractivity contribution in [3.05, 3.63) is 47.8 Å². The molecule has 10 heteroatoms. The van der Waals surface area contributed by atoms with Gasteiger partial charge in [-0.1, -0.05) is 0 Å². The minimum atomic E-state index is -4.55. The largest absolute Gasteiger partial charge is 0.419 e. The van der Waals surface area contributed by atoms with Gasteiger partial charge in [0.05, 0.1) is 17.3 Å². The molecule has 1 saturated heterocycles. The van der Waals surface area contributed by atoms with Crippen LogP contribution >= 0.6 is 0 Å². The third kappa shape index (κ3) is 2.97. The number of rotatable bonds is 3. The molecule has 2 atom stereocenters. The SMILES string of the molecule is CC(c1ncc[nH]1)N1CC[C@@]2(CCn3nc(-c4cnc(N)c(C(F)(F)F)c4)cc32)C1. The van der Waals surface area contributed by atoms with Crippen molar-refractivity contribution < 1.29 is 13.2 Å². The van der Waals surface area contributed by atoms with Gasteiger partial charge in [0.2, 0.25) is 0 Å². The Bertz CT molecular complexity index is 1070. The van der Waals surface area contributed by atoms with Crippen LogP contribution in [0, 0.1) is 0 Å². The summed E-state index contributed by atoms with van der Waals surface area (Å²) in [6.45, 7) is 4.69. The Balaban J connectivity index is 1.44. The highest BCUT2D eigenvalue weighted by Crippen LogP contribution is 2.45. The monoisotopic (exact) mass is 417 g/mol. The molecule has 3 aromatic heterocycles. The lowest BCUT2D eigenvalue weighted by molar-refractivity contribution is -0.137. The molecular formula is C20H22F3N7. The molecule has 7 nitrogen and oxygen atoms in total. The van der Waals surface area contributed by atoms with E-state index in [1.165, 1.54) is 6.20 Å². The van der Waals surface area contributed by atoms with Crippen LogP contribution in [0.4, 0.5) is 19.0 Å². The Hall–Kier alpha value is -2.88. The lowest BCUT2D eigenvalue weighted by Gasteiger charge is -2.26. The van der Waals surface area contributed by atoms with Crippen LogP contribution in [0.1, 0.15) is 42.9 Å². The zero-order valence-electron chi connectivity index (χ0n) is 16.4. The van der Waals surface area contributed by atoms with Crippen LogP contribution in [-0.4, -0.2) is 42.7 Å². The van der Waals surface area contributed by atoms with E-state index in [9.17, 15) is 13.2 Å². The topological polar surface area (TPSA) is 88.7 Å². The van der Waals surface area contributed by atoms with Crippen molar-refractivity contribution in [3.8, 4) is 11.3 Å². The highest BCUT2D eigenvalue weighted by Gasteiger charge is 2.47. The first kappa shape index (κ1) is 19.1. The van der Waals surface area contributed by atoms with Gasteiger partial charge in [0.15, 0.2) is 0 Å². The van der Waals surface area contributed by atoms with Crippen LogP contribution in [0.3, 0.4) is 0 Å². The van der Waals surface area contributed by atoms with Gasteiger partial charge in [0.25, 0.3) is 0 Å². The average Bonchev–Trinajstić information content (AvgIpc) is 3.48. The van der Waals surface area contributed by atoms with Gasteiger partial charge in [0, 0.05) is 48.4 Å². The molecule has 1 spiro atoms. The van der Waals surface area contributed by atoms with E-state index in [1.807, 2.05) is 16.9 Å². The Kier molecular flexibility index (Phi) is 4.18. The molecule has 2 aliphatic rings. The molecule has 1 fully saturated rings. The maximum atomic E-state index is 13.2. The molecule has 5 rings (SSSR count). The summed E-state index contributed by atoms with van der Waals surface area (Å²) in [6, 6.07) is 3.13. The molecule has 30 heavy (non-hydrogen) atoms. The van der Waals surface area contributed by atoms with Crippen LogP contribution in [-0.2, 0) is 18.1 Å². The van der Waals surface area contributed by atoms with Gasteiger partial charge in [-0.15, -0.1) is 0 Å².